The van der Waals surface area contributed by atoms with Gasteiger partial charge in [0.2, 0.25) is 6.61 Å². The summed E-state index contributed by atoms with van der Waals surface area (Å²) in [6, 6.07) is -1.65. The van der Waals surface area contributed by atoms with E-state index in [-0.39, 0.29) is 15.1 Å². The molecule has 1 unspecified atom stereocenters. The fraction of sp³-hybridized carbons (Fsp3) is 0.429. The Labute approximate surface area is 184 Å². The number of carboxylic acids is 1. The Balaban J connectivity index is 2.39. The number of thiazole rings is 1. The summed E-state index contributed by atoms with van der Waals surface area (Å²) < 4.78 is 37.5. The molecule has 0 aromatic carbocycles. The van der Waals surface area contributed by atoms with Crippen LogP contribution in [0.25, 0.3) is 0 Å². The summed E-state index contributed by atoms with van der Waals surface area (Å²) in [4.78, 5) is 55.4. The molecule has 32 heavy (non-hydrogen) atoms. The van der Waals surface area contributed by atoms with Crippen LogP contribution in [0.4, 0.5) is 9.93 Å². The first-order valence-corrected chi connectivity index (χ1v) is 10.7. The number of hydrogen-bond donors (Lipinski definition) is 5. The Morgan fingerprint density at radius 1 is 1.47 bits per heavy atom. The lowest BCUT2D eigenvalue weighted by Crippen LogP contribution is -2.82. The van der Waals surface area contributed by atoms with Gasteiger partial charge in [0.15, 0.2) is 10.8 Å². The first-order valence-electron chi connectivity index (χ1n) is 8.41. The number of rotatable bonds is 9. The van der Waals surface area contributed by atoms with Gasteiger partial charge in [0, 0.05) is 5.38 Å². The van der Waals surface area contributed by atoms with Crippen molar-refractivity contribution in [1.29, 1.82) is 0 Å². The molecule has 2 rings (SSSR count). The second kappa shape index (κ2) is 8.93. The van der Waals surface area contributed by atoms with Gasteiger partial charge in [0.25, 0.3) is 11.8 Å². The van der Waals surface area contributed by atoms with Crippen LogP contribution in [-0.2, 0) is 34.3 Å². The van der Waals surface area contributed by atoms with Crippen molar-refractivity contribution in [1.82, 2.24) is 14.6 Å². The van der Waals surface area contributed by atoms with Crippen LogP contribution < -0.4 is 16.8 Å². The highest BCUT2D eigenvalue weighted by Crippen LogP contribution is 2.39. The maximum Gasteiger partial charge on any atom is 0.404 e. The molecule has 7 N–H and O–H groups in total. The normalized spacial score (nSPS) is 22.0. The molecular formula is C14H18N6O10S2. The van der Waals surface area contributed by atoms with E-state index >= 15 is 0 Å². The number of nitrogens with two attached hydrogens (primary N) is 2. The van der Waals surface area contributed by atoms with Crippen molar-refractivity contribution in [2.24, 2.45) is 10.9 Å². The zero-order chi connectivity index (χ0) is 24.4. The Bertz CT molecular complexity index is 1090. The molecular weight excluding hydrogens is 476 g/mol. The maximum absolute atomic E-state index is 12.8. The average molecular weight is 494 g/mol. The molecule has 1 aliphatic heterocycles. The molecule has 0 saturated carbocycles. The number of carbonyl (C=O) groups excluding carboxylic acids is 3. The molecule has 1 aromatic rings. The van der Waals surface area contributed by atoms with Crippen molar-refractivity contribution < 1.29 is 46.8 Å². The van der Waals surface area contributed by atoms with Crippen LogP contribution >= 0.6 is 11.3 Å². The lowest BCUT2D eigenvalue weighted by Gasteiger charge is -2.54. The third kappa shape index (κ3) is 4.86. The van der Waals surface area contributed by atoms with Crippen LogP contribution in [-0.4, -0.2) is 81.2 Å². The first-order chi connectivity index (χ1) is 14.7. The summed E-state index contributed by atoms with van der Waals surface area (Å²) in [5.74, 6) is -3.78. The van der Waals surface area contributed by atoms with E-state index in [1.54, 1.807) is 0 Å². The Morgan fingerprint density at radius 3 is 2.56 bits per heavy atom. The van der Waals surface area contributed by atoms with E-state index in [9.17, 15) is 32.1 Å². The number of oxime groups is 1. The summed E-state index contributed by atoms with van der Waals surface area (Å²) in [6.45, 7) is 1.39. The number of nitrogens with one attached hydrogen (secondary N) is 1. The highest BCUT2D eigenvalue weighted by Gasteiger charge is 2.66. The maximum atomic E-state index is 12.8. The Kier molecular flexibility index (Phi) is 6.90. The van der Waals surface area contributed by atoms with Crippen LogP contribution in [0.3, 0.4) is 0 Å². The van der Waals surface area contributed by atoms with Crippen molar-refractivity contribution in [3.8, 4) is 0 Å². The number of primary amides is 1. The molecule has 0 bridgehead atoms. The van der Waals surface area contributed by atoms with Crippen molar-refractivity contribution in [3.63, 3.8) is 0 Å². The minimum absolute atomic E-state index is 0.0249. The van der Waals surface area contributed by atoms with Gasteiger partial charge >= 0.3 is 22.4 Å². The number of carboxylic acid groups (broad SMARTS) is 1. The highest BCUT2D eigenvalue weighted by molar-refractivity contribution is 7.84. The predicted octanol–water partition coefficient (Wildman–Crippen LogP) is -2.10. The van der Waals surface area contributed by atoms with E-state index in [0.29, 0.717) is 0 Å². The van der Waals surface area contributed by atoms with Crippen molar-refractivity contribution >= 4 is 56.4 Å². The van der Waals surface area contributed by atoms with Crippen LogP contribution in [0.5, 0.6) is 0 Å². The molecule has 2 heterocycles. The lowest BCUT2D eigenvalue weighted by atomic mass is 9.78. The molecule has 0 aliphatic carbocycles. The van der Waals surface area contributed by atoms with E-state index in [1.165, 1.54) is 12.3 Å². The van der Waals surface area contributed by atoms with E-state index in [4.69, 9.17) is 21.3 Å². The van der Waals surface area contributed by atoms with Gasteiger partial charge in [-0.15, -0.1) is 11.3 Å². The van der Waals surface area contributed by atoms with Gasteiger partial charge in [-0.1, -0.05) is 5.16 Å². The largest absolute Gasteiger partial charge is 0.479 e. The first kappa shape index (κ1) is 24.8. The zero-order valence-electron chi connectivity index (χ0n) is 16.4. The van der Waals surface area contributed by atoms with Crippen LogP contribution in [0.15, 0.2) is 10.5 Å². The predicted molar refractivity (Wildman–Crippen MR) is 106 cm³/mol. The molecule has 1 fully saturated rings. The van der Waals surface area contributed by atoms with E-state index in [0.717, 1.165) is 18.3 Å². The number of aliphatic carboxylic acids is 1. The van der Waals surface area contributed by atoms with Gasteiger partial charge in [0.1, 0.15) is 23.4 Å². The molecule has 1 aromatic heterocycles. The summed E-state index contributed by atoms with van der Waals surface area (Å²) in [6.07, 6.45) is -2.72. The summed E-state index contributed by atoms with van der Waals surface area (Å²) in [7, 11) is -5.11. The average Bonchev–Trinajstić information content (AvgIpc) is 3.06. The molecule has 1 saturated heterocycles. The number of nitrogen functional groups attached to an aromatic ring is 1. The monoisotopic (exact) mass is 494 g/mol. The number of ether oxygens (including phenoxy) is 1. The summed E-state index contributed by atoms with van der Waals surface area (Å²) >= 11 is 0.919. The van der Waals surface area contributed by atoms with E-state index < -0.39 is 64.2 Å². The second-order valence-corrected chi connectivity index (χ2v) is 8.62. The SMILES string of the molecule is CC(OC(N)=O)[C@]1(C)[C@H](NC(=O)/C(=N\OCC(=O)O)c2csc(N)n2)C(=O)N1S(=O)(=O)O. The number of nitrogens with zero attached hydrogens (tertiary/aromatic N) is 3. The molecule has 3 amide bonds. The number of anilines is 1. The Hall–Kier alpha value is -3.51. The van der Waals surface area contributed by atoms with Crippen molar-refractivity contribution in [2.45, 2.75) is 31.5 Å². The van der Waals surface area contributed by atoms with Gasteiger partial charge in [-0.05, 0) is 13.8 Å². The molecule has 0 spiro atoms. The number of aromatic nitrogens is 1. The molecule has 0 radical (unpaired) electrons. The smallest absolute Gasteiger partial charge is 0.404 e. The lowest BCUT2D eigenvalue weighted by molar-refractivity contribution is -0.161. The van der Waals surface area contributed by atoms with Crippen molar-refractivity contribution in [2.75, 3.05) is 12.3 Å². The number of β-lactam (4-membered cyclic amide) rings is 1. The minimum atomic E-state index is -5.11. The highest BCUT2D eigenvalue weighted by atomic mass is 32.2. The van der Waals surface area contributed by atoms with Gasteiger partial charge in [0.05, 0.1) is 0 Å². The molecule has 176 valence electrons. The molecule has 16 nitrogen and oxygen atoms in total. The van der Waals surface area contributed by atoms with E-state index in [2.05, 4.69) is 20.3 Å². The van der Waals surface area contributed by atoms with Gasteiger partial charge in [-0.25, -0.2) is 18.9 Å². The minimum Gasteiger partial charge on any atom is -0.479 e. The van der Waals surface area contributed by atoms with Crippen molar-refractivity contribution in [3.05, 3.63) is 11.1 Å². The summed E-state index contributed by atoms with van der Waals surface area (Å²) in [5.41, 5.74) is 7.77. The second-order valence-electron chi connectivity index (χ2n) is 6.47. The van der Waals surface area contributed by atoms with E-state index in [1.807, 2.05) is 0 Å². The number of hydrogen-bond acceptors (Lipinski definition) is 12. The molecule has 3 atom stereocenters. The number of amides is 3. The van der Waals surface area contributed by atoms with Gasteiger partial charge in [-0.3, -0.25) is 14.1 Å². The summed E-state index contributed by atoms with van der Waals surface area (Å²) in [5, 5.41) is 15.6. The fourth-order valence-corrected chi connectivity index (χ4v) is 4.50. The van der Waals surface area contributed by atoms with Crippen LogP contribution in [0, 0.1) is 0 Å². The quantitative estimate of drug-likeness (QED) is 0.107. The van der Waals surface area contributed by atoms with Crippen LogP contribution in [0.1, 0.15) is 19.5 Å². The van der Waals surface area contributed by atoms with Gasteiger partial charge < -0.3 is 31.5 Å². The number of carbonyl (C=O) groups is 4. The fourth-order valence-electron chi connectivity index (χ4n) is 2.87. The molecule has 1 aliphatic rings. The molecule has 18 heteroatoms. The topological polar surface area (TPSA) is 254 Å². The standard InChI is InChI=1S/C14H18N6O10S2/c1-5(30-13(16)25)14(2)9(11(24)20(14)32(26,27)28)18-10(23)8(19-29-3-7(21)22)6-4-31-12(15)17-6/h4-5,9H,3H2,1-2H3,(H2,15,17)(H2,16,25)(H,18,23)(H,21,22)(H,26,27,28)/b19-8-/t5?,9-,14-/m1/s1. The third-order valence-corrected chi connectivity index (χ3v) is 6.12. The zero-order valence-corrected chi connectivity index (χ0v) is 18.0. The third-order valence-electron chi connectivity index (χ3n) is 4.41. The van der Waals surface area contributed by atoms with Crippen LogP contribution in [0.2, 0.25) is 0 Å². The van der Waals surface area contributed by atoms with Gasteiger partial charge in [-0.2, -0.15) is 8.42 Å². The Morgan fingerprint density at radius 2 is 2.09 bits per heavy atom.